The largest absolute Gasteiger partial charge is 0.468 e. The van der Waals surface area contributed by atoms with Crippen LogP contribution in [0.1, 0.15) is 63.9 Å². The molecule has 0 spiro atoms. The first-order chi connectivity index (χ1) is 20.4. The SMILES string of the molecule is COCCCNC(=O)C[C@H]1C[C@@]2(C(=O)OC)C(=C[C@H](COCc3ccccc3)O[C@@H]2C)N(CCC2=CCCCC2)C1=O. The molecule has 0 unspecified atom stereocenters. The van der Waals surface area contributed by atoms with Crippen LogP contribution in [-0.4, -0.2) is 75.4 Å². The zero-order valence-electron chi connectivity index (χ0n) is 25.3. The number of carbonyl (C=O) groups excluding carboxylic acids is 3. The minimum absolute atomic E-state index is 0.00658. The van der Waals surface area contributed by atoms with Crippen LogP contribution in [0, 0.1) is 11.3 Å². The average Bonchev–Trinajstić information content (AvgIpc) is 3.00. The summed E-state index contributed by atoms with van der Waals surface area (Å²) in [6.45, 7) is 4.00. The molecule has 42 heavy (non-hydrogen) atoms. The monoisotopic (exact) mass is 582 g/mol. The summed E-state index contributed by atoms with van der Waals surface area (Å²) in [5.74, 6) is -1.49. The maximum absolute atomic E-state index is 14.1. The highest BCUT2D eigenvalue weighted by atomic mass is 16.6. The first-order valence-electron chi connectivity index (χ1n) is 15.2. The van der Waals surface area contributed by atoms with Gasteiger partial charge in [-0.25, -0.2) is 0 Å². The minimum Gasteiger partial charge on any atom is -0.468 e. The standard InChI is InChI=1S/C33H46N2O7/c1-24-33(32(38)40-3)21-27(19-30(36)34-16-10-18-39-2)31(37)35(17-15-25-11-6-4-7-12-25)29(33)20-28(42-24)23-41-22-26-13-8-5-9-14-26/h5,8-9,11,13-14,20,24,27-28H,4,6-7,10,12,15-19,21-23H2,1-3H3,(H,34,36)/t24-,27+,28-,33+/m1/s1. The number of nitrogens with one attached hydrogen (secondary N) is 1. The number of rotatable bonds is 14. The van der Waals surface area contributed by atoms with Crippen LogP contribution >= 0.6 is 0 Å². The van der Waals surface area contributed by atoms with Gasteiger partial charge in [0.25, 0.3) is 0 Å². The van der Waals surface area contributed by atoms with Crippen molar-refractivity contribution in [2.45, 2.75) is 77.1 Å². The molecule has 9 nitrogen and oxygen atoms in total. The van der Waals surface area contributed by atoms with E-state index >= 15 is 0 Å². The molecule has 3 aliphatic rings. The fourth-order valence-corrected chi connectivity index (χ4v) is 6.38. The van der Waals surface area contributed by atoms with Crippen LogP contribution in [0.3, 0.4) is 0 Å². The van der Waals surface area contributed by atoms with Gasteiger partial charge in [0, 0.05) is 44.8 Å². The Kier molecular flexibility index (Phi) is 11.7. The second-order valence-corrected chi connectivity index (χ2v) is 11.5. The Labute approximate surface area is 249 Å². The first-order valence-corrected chi connectivity index (χ1v) is 15.2. The van der Waals surface area contributed by atoms with Crippen molar-refractivity contribution in [3.05, 3.63) is 59.3 Å². The summed E-state index contributed by atoms with van der Waals surface area (Å²) in [5.41, 5.74) is 1.79. The third kappa shape index (κ3) is 7.68. The van der Waals surface area contributed by atoms with E-state index in [9.17, 15) is 14.4 Å². The number of ether oxygens (including phenoxy) is 4. The number of allylic oxidation sites excluding steroid dienone is 1. The van der Waals surface area contributed by atoms with Gasteiger partial charge in [0.05, 0.1) is 26.4 Å². The van der Waals surface area contributed by atoms with Crippen LogP contribution in [0.15, 0.2) is 53.8 Å². The Morgan fingerprint density at radius 1 is 1.17 bits per heavy atom. The molecule has 2 amide bonds. The lowest BCUT2D eigenvalue weighted by Gasteiger charge is -2.51. The van der Waals surface area contributed by atoms with Gasteiger partial charge >= 0.3 is 5.97 Å². The van der Waals surface area contributed by atoms with E-state index in [1.165, 1.54) is 19.1 Å². The number of esters is 1. The quantitative estimate of drug-likeness (QED) is 0.198. The van der Waals surface area contributed by atoms with Crippen molar-refractivity contribution in [2.24, 2.45) is 11.3 Å². The molecule has 1 aromatic carbocycles. The predicted molar refractivity (Wildman–Crippen MR) is 158 cm³/mol. The summed E-state index contributed by atoms with van der Waals surface area (Å²) in [5, 5.41) is 2.89. The molecule has 0 saturated carbocycles. The highest BCUT2D eigenvalue weighted by Crippen LogP contribution is 2.50. The first kappa shape index (κ1) is 31.9. The molecule has 9 heteroatoms. The molecular formula is C33H46N2O7. The van der Waals surface area contributed by atoms with Gasteiger partial charge < -0.3 is 29.2 Å². The number of likely N-dealkylation sites (tertiary alicyclic amines) is 1. The minimum atomic E-state index is -1.21. The molecule has 230 valence electrons. The van der Waals surface area contributed by atoms with Gasteiger partial charge in [-0.3, -0.25) is 14.4 Å². The van der Waals surface area contributed by atoms with E-state index in [1.807, 2.05) is 43.3 Å². The normalized spacial score (nSPS) is 25.7. The van der Waals surface area contributed by atoms with Gasteiger partial charge in [0.15, 0.2) is 0 Å². The second kappa shape index (κ2) is 15.5. The maximum atomic E-state index is 14.1. The van der Waals surface area contributed by atoms with Crippen LogP contribution in [0.5, 0.6) is 0 Å². The molecule has 0 radical (unpaired) electrons. The van der Waals surface area contributed by atoms with Gasteiger partial charge in [0.2, 0.25) is 11.8 Å². The Bertz CT molecular complexity index is 1130. The van der Waals surface area contributed by atoms with Crippen molar-refractivity contribution in [3.63, 3.8) is 0 Å². The summed E-state index contributed by atoms with van der Waals surface area (Å²) >= 11 is 0. The summed E-state index contributed by atoms with van der Waals surface area (Å²) in [6, 6.07) is 9.89. The number of hydrogen-bond acceptors (Lipinski definition) is 7. The number of benzene rings is 1. The van der Waals surface area contributed by atoms with Gasteiger partial charge in [-0.05, 0) is 63.5 Å². The van der Waals surface area contributed by atoms with E-state index in [-0.39, 0.29) is 31.3 Å². The van der Waals surface area contributed by atoms with Gasteiger partial charge in [-0.2, -0.15) is 0 Å². The van der Waals surface area contributed by atoms with Crippen molar-refractivity contribution in [1.29, 1.82) is 0 Å². The summed E-state index contributed by atoms with van der Waals surface area (Å²) in [7, 11) is 2.98. The molecule has 1 fully saturated rings. The number of hydrogen-bond donors (Lipinski definition) is 1. The maximum Gasteiger partial charge on any atom is 0.320 e. The van der Waals surface area contributed by atoms with E-state index in [2.05, 4.69) is 11.4 Å². The fraction of sp³-hybridized carbons (Fsp3) is 0.606. The number of nitrogens with zero attached hydrogens (tertiary/aromatic N) is 1. The van der Waals surface area contributed by atoms with E-state index in [0.29, 0.717) is 38.4 Å². The third-order valence-electron chi connectivity index (χ3n) is 8.61. The summed E-state index contributed by atoms with van der Waals surface area (Å²) in [4.78, 5) is 42.3. The van der Waals surface area contributed by atoms with E-state index in [1.54, 1.807) is 12.0 Å². The molecule has 1 aliphatic carbocycles. The van der Waals surface area contributed by atoms with Crippen molar-refractivity contribution < 1.29 is 33.3 Å². The smallest absolute Gasteiger partial charge is 0.320 e. The number of piperidine rings is 1. The zero-order chi connectivity index (χ0) is 30.0. The molecule has 2 aliphatic heterocycles. The molecular weight excluding hydrogens is 536 g/mol. The number of methoxy groups -OCH3 is 2. The second-order valence-electron chi connectivity index (χ2n) is 11.5. The average molecular weight is 583 g/mol. The molecule has 2 heterocycles. The molecule has 4 atom stereocenters. The Morgan fingerprint density at radius 3 is 2.69 bits per heavy atom. The third-order valence-corrected chi connectivity index (χ3v) is 8.61. The van der Waals surface area contributed by atoms with Crippen molar-refractivity contribution in [2.75, 3.05) is 40.5 Å². The van der Waals surface area contributed by atoms with E-state index in [0.717, 1.165) is 31.2 Å². The van der Waals surface area contributed by atoms with Crippen molar-refractivity contribution in [1.82, 2.24) is 10.2 Å². The van der Waals surface area contributed by atoms with Gasteiger partial charge in [-0.15, -0.1) is 0 Å². The molecule has 0 bridgehead atoms. The van der Waals surface area contributed by atoms with Gasteiger partial charge in [0.1, 0.15) is 11.5 Å². The predicted octanol–water partition coefficient (Wildman–Crippen LogP) is 4.32. The fourth-order valence-electron chi connectivity index (χ4n) is 6.38. The van der Waals surface area contributed by atoms with Crippen molar-refractivity contribution in [3.8, 4) is 0 Å². The molecule has 1 N–H and O–H groups in total. The Hall–Kier alpha value is -3.01. The Morgan fingerprint density at radius 2 is 1.98 bits per heavy atom. The summed E-state index contributed by atoms with van der Waals surface area (Å²) < 4.78 is 22.8. The number of carbonyl (C=O) groups is 3. The highest BCUT2D eigenvalue weighted by Gasteiger charge is 2.59. The van der Waals surface area contributed by atoms with Crippen molar-refractivity contribution >= 4 is 17.8 Å². The van der Waals surface area contributed by atoms with Crippen LogP contribution in [0.4, 0.5) is 0 Å². The van der Waals surface area contributed by atoms with Crippen LogP contribution in [0.2, 0.25) is 0 Å². The van der Waals surface area contributed by atoms with Gasteiger partial charge in [-0.1, -0.05) is 42.0 Å². The molecule has 4 rings (SSSR count). The lowest BCUT2D eigenvalue weighted by atomic mass is 9.66. The van der Waals surface area contributed by atoms with E-state index in [4.69, 9.17) is 18.9 Å². The zero-order valence-corrected chi connectivity index (χ0v) is 25.3. The topological polar surface area (TPSA) is 103 Å². The Balaban J connectivity index is 1.59. The summed E-state index contributed by atoms with van der Waals surface area (Å²) in [6.07, 6.45) is 9.06. The highest BCUT2D eigenvalue weighted by molar-refractivity contribution is 5.92. The van der Waals surface area contributed by atoms with E-state index < -0.39 is 29.5 Å². The number of amides is 2. The molecule has 1 saturated heterocycles. The van der Waals surface area contributed by atoms with Crippen LogP contribution in [-0.2, 0) is 39.9 Å². The molecule has 1 aromatic rings. The number of fused-ring (bicyclic) bond motifs is 1. The van der Waals surface area contributed by atoms with Crippen LogP contribution < -0.4 is 5.32 Å². The lowest BCUT2D eigenvalue weighted by molar-refractivity contribution is -0.178. The van der Waals surface area contributed by atoms with Crippen LogP contribution in [0.25, 0.3) is 0 Å². The molecule has 0 aromatic heterocycles. The lowest BCUT2D eigenvalue weighted by Crippen LogP contribution is -2.60.